The van der Waals surface area contributed by atoms with Gasteiger partial charge in [0.15, 0.2) is 0 Å². The molecule has 19 heavy (non-hydrogen) atoms. The van der Waals surface area contributed by atoms with Crippen molar-refractivity contribution in [2.75, 3.05) is 6.54 Å². The lowest BCUT2D eigenvalue weighted by atomic mass is 9.74. The number of rotatable bonds is 3. The fourth-order valence-corrected chi connectivity index (χ4v) is 2.78. The first-order chi connectivity index (χ1) is 9.16. The van der Waals surface area contributed by atoms with Crippen LogP contribution >= 0.6 is 0 Å². The summed E-state index contributed by atoms with van der Waals surface area (Å²) in [6.45, 7) is 2.60. The maximum Gasteiger partial charge on any atom is 0.413 e. The number of para-hydroxylation sites is 1. The monoisotopic (exact) mass is 262 g/mol. The van der Waals surface area contributed by atoms with Crippen molar-refractivity contribution in [3.8, 4) is 5.75 Å². The van der Waals surface area contributed by atoms with Crippen molar-refractivity contribution in [2.45, 2.75) is 38.1 Å². The van der Waals surface area contributed by atoms with Gasteiger partial charge in [0.2, 0.25) is 0 Å². The summed E-state index contributed by atoms with van der Waals surface area (Å²) in [7, 11) is 0. The summed E-state index contributed by atoms with van der Waals surface area (Å²) in [6, 6.07) is 9.09. The molecule has 1 saturated carbocycles. The fraction of sp³-hybridized carbons (Fsp3) is 0.533. The van der Waals surface area contributed by atoms with Crippen molar-refractivity contribution >= 4 is 6.09 Å². The summed E-state index contributed by atoms with van der Waals surface area (Å²) in [6.07, 6.45) is 3.92. The van der Waals surface area contributed by atoms with Crippen molar-refractivity contribution in [3.05, 3.63) is 30.3 Å². The van der Waals surface area contributed by atoms with E-state index in [9.17, 15) is 4.79 Å². The van der Waals surface area contributed by atoms with E-state index in [1.54, 1.807) is 12.1 Å². The molecule has 1 aromatic carbocycles. The average molecular weight is 262 g/mol. The third kappa shape index (κ3) is 3.26. The quantitative estimate of drug-likeness (QED) is 0.880. The molecule has 0 radical (unpaired) electrons. The van der Waals surface area contributed by atoms with Crippen LogP contribution in [0.25, 0.3) is 0 Å². The second-order valence-electron chi connectivity index (χ2n) is 5.33. The Kier molecular flexibility index (Phi) is 4.43. The Hall–Kier alpha value is -1.55. The standard InChI is InChI=1S/C15H22N2O2/c1-12-7-5-6-10-15(12,11-16)17-14(18)19-13-8-3-2-4-9-13/h2-4,8-9,12H,5-7,10-11,16H2,1H3,(H,17,18). The summed E-state index contributed by atoms with van der Waals surface area (Å²) < 4.78 is 5.29. The van der Waals surface area contributed by atoms with E-state index in [0.29, 0.717) is 18.2 Å². The van der Waals surface area contributed by atoms with Crippen molar-refractivity contribution < 1.29 is 9.53 Å². The van der Waals surface area contributed by atoms with Gasteiger partial charge in [-0.2, -0.15) is 0 Å². The smallest absolute Gasteiger partial charge is 0.410 e. The lowest BCUT2D eigenvalue weighted by molar-refractivity contribution is 0.139. The zero-order valence-electron chi connectivity index (χ0n) is 11.4. The molecule has 0 saturated heterocycles. The molecule has 0 heterocycles. The molecular formula is C15H22N2O2. The number of ether oxygens (including phenoxy) is 1. The predicted molar refractivity (Wildman–Crippen MR) is 75.0 cm³/mol. The van der Waals surface area contributed by atoms with Gasteiger partial charge in [0, 0.05) is 6.54 Å². The largest absolute Gasteiger partial charge is 0.413 e. The summed E-state index contributed by atoms with van der Waals surface area (Å²) in [5.41, 5.74) is 5.58. The number of benzene rings is 1. The molecule has 2 atom stereocenters. The molecule has 1 aromatic rings. The van der Waals surface area contributed by atoms with E-state index in [2.05, 4.69) is 12.2 Å². The van der Waals surface area contributed by atoms with Gasteiger partial charge in [-0.25, -0.2) is 4.79 Å². The van der Waals surface area contributed by atoms with E-state index in [1.807, 2.05) is 18.2 Å². The van der Waals surface area contributed by atoms with Crippen LogP contribution in [-0.4, -0.2) is 18.2 Å². The van der Waals surface area contributed by atoms with Crippen LogP contribution in [0.15, 0.2) is 30.3 Å². The van der Waals surface area contributed by atoms with E-state index < -0.39 is 6.09 Å². The molecule has 2 unspecified atom stereocenters. The van der Waals surface area contributed by atoms with Crippen LogP contribution in [0.2, 0.25) is 0 Å². The molecule has 3 N–H and O–H groups in total. The molecule has 4 heteroatoms. The Labute approximate surface area is 114 Å². The van der Waals surface area contributed by atoms with E-state index in [1.165, 1.54) is 6.42 Å². The van der Waals surface area contributed by atoms with E-state index in [0.717, 1.165) is 19.3 Å². The highest BCUT2D eigenvalue weighted by molar-refractivity contribution is 5.71. The normalized spacial score (nSPS) is 26.7. The average Bonchev–Trinajstić information content (AvgIpc) is 2.42. The molecule has 104 valence electrons. The Morgan fingerprint density at radius 3 is 2.79 bits per heavy atom. The maximum atomic E-state index is 12.0. The predicted octanol–water partition coefficient (Wildman–Crippen LogP) is 2.68. The summed E-state index contributed by atoms with van der Waals surface area (Å²) in [5, 5.41) is 2.99. The third-order valence-corrected chi connectivity index (χ3v) is 4.12. The van der Waals surface area contributed by atoms with Crippen LogP contribution < -0.4 is 15.8 Å². The first-order valence-electron chi connectivity index (χ1n) is 6.91. The van der Waals surface area contributed by atoms with Gasteiger partial charge in [-0.05, 0) is 30.9 Å². The first kappa shape index (κ1) is 13.9. The molecule has 0 aliphatic heterocycles. The van der Waals surface area contributed by atoms with Crippen molar-refractivity contribution in [1.29, 1.82) is 0 Å². The van der Waals surface area contributed by atoms with Crippen molar-refractivity contribution in [1.82, 2.24) is 5.32 Å². The van der Waals surface area contributed by atoms with Crippen LogP contribution in [0.5, 0.6) is 5.75 Å². The van der Waals surface area contributed by atoms with Crippen LogP contribution in [0.1, 0.15) is 32.6 Å². The molecular weight excluding hydrogens is 240 g/mol. The molecule has 4 nitrogen and oxygen atoms in total. The summed E-state index contributed by atoms with van der Waals surface area (Å²) in [5.74, 6) is 0.935. The molecule has 0 aromatic heterocycles. The maximum absolute atomic E-state index is 12.0. The highest BCUT2D eigenvalue weighted by Crippen LogP contribution is 2.33. The van der Waals surface area contributed by atoms with Gasteiger partial charge in [-0.3, -0.25) is 0 Å². The lowest BCUT2D eigenvalue weighted by Gasteiger charge is -2.42. The fourth-order valence-electron chi connectivity index (χ4n) is 2.78. The molecule has 0 spiro atoms. The van der Waals surface area contributed by atoms with Crippen molar-refractivity contribution in [3.63, 3.8) is 0 Å². The van der Waals surface area contributed by atoms with Gasteiger partial charge in [-0.15, -0.1) is 0 Å². The van der Waals surface area contributed by atoms with Crippen molar-refractivity contribution in [2.24, 2.45) is 11.7 Å². The Bertz CT molecular complexity index is 421. The SMILES string of the molecule is CC1CCCCC1(CN)NC(=O)Oc1ccccc1. The minimum Gasteiger partial charge on any atom is -0.410 e. The number of nitrogens with one attached hydrogen (secondary N) is 1. The molecule has 2 rings (SSSR count). The number of carbonyl (C=O) groups is 1. The van der Waals surface area contributed by atoms with Gasteiger partial charge in [0.1, 0.15) is 5.75 Å². The number of carbonyl (C=O) groups excluding carboxylic acids is 1. The van der Waals surface area contributed by atoms with Gasteiger partial charge in [0.25, 0.3) is 0 Å². The highest BCUT2D eigenvalue weighted by atomic mass is 16.6. The minimum atomic E-state index is -0.412. The second kappa shape index (κ2) is 6.06. The summed E-state index contributed by atoms with van der Waals surface area (Å²) in [4.78, 5) is 12.0. The number of nitrogens with two attached hydrogens (primary N) is 1. The second-order valence-corrected chi connectivity index (χ2v) is 5.33. The lowest BCUT2D eigenvalue weighted by Crippen LogP contribution is -2.59. The van der Waals surface area contributed by atoms with Crippen LogP contribution in [-0.2, 0) is 0 Å². The highest BCUT2D eigenvalue weighted by Gasteiger charge is 2.38. The Balaban J connectivity index is 2.00. The number of amides is 1. The van der Waals surface area contributed by atoms with Gasteiger partial charge in [-0.1, -0.05) is 38.0 Å². The van der Waals surface area contributed by atoms with Gasteiger partial charge < -0.3 is 15.8 Å². The van der Waals surface area contributed by atoms with Crippen LogP contribution in [0, 0.1) is 5.92 Å². The molecule has 1 aliphatic rings. The van der Waals surface area contributed by atoms with Gasteiger partial charge >= 0.3 is 6.09 Å². The topological polar surface area (TPSA) is 64.3 Å². The van der Waals surface area contributed by atoms with E-state index in [-0.39, 0.29) is 5.54 Å². The third-order valence-electron chi connectivity index (χ3n) is 4.12. The first-order valence-corrected chi connectivity index (χ1v) is 6.91. The zero-order valence-corrected chi connectivity index (χ0v) is 11.4. The minimum absolute atomic E-state index is 0.315. The Morgan fingerprint density at radius 1 is 1.42 bits per heavy atom. The number of hydrogen-bond acceptors (Lipinski definition) is 3. The number of hydrogen-bond donors (Lipinski definition) is 2. The van der Waals surface area contributed by atoms with Crippen LogP contribution in [0.3, 0.4) is 0 Å². The van der Waals surface area contributed by atoms with Gasteiger partial charge in [0.05, 0.1) is 5.54 Å². The van der Waals surface area contributed by atoms with Crippen LogP contribution in [0.4, 0.5) is 4.79 Å². The van der Waals surface area contributed by atoms with E-state index >= 15 is 0 Å². The van der Waals surface area contributed by atoms with E-state index in [4.69, 9.17) is 10.5 Å². The molecule has 1 amide bonds. The summed E-state index contributed by atoms with van der Waals surface area (Å²) >= 11 is 0. The molecule has 1 fully saturated rings. The zero-order chi connectivity index (χ0) is 13.7. The molecule has 0 bridgehead atoms. The Morgan fingerprint density at radius 2 is 2.16 bits per heavy atom. The molecule has 1 aliphatic carbocycles.